The molecule has 2 aromatic carbocycles. The molecular formula is C38H42FN3O6S. The van der Waals surface area contributed by atoms with E-state index in [1.54, 1.807) is 30.6 Å². The number of Topliss-reactive ketones (excluding diaryl/α,β-unsaturated/α-hetero) is 1. The van der Waals surface area contributed by atoms with Crippen molar-refractivity contribution in [3.63, 3.8) is 0 Å². The zero-order chi connectivity index (χ0) is 35.3. The quantitative estimate of drug-likeness (QED) is 0.137. The molecule has 2 heterocycles. The fraction of sp³-hybridized carbons (Fsp3) is 0.395. The van der Waals surface area contributed by atoms with Gasteiger partial charge in [-0.05, 0) is 74.3 Å². The molecule has 0 bridgehead atoms. The summed E-state index contributed by atoms with van der Waals surface area (Å²) in [6.07, 6.45) is 7.12. The Morgan fingerprint density at radius 1 is 1.00 bits per heavy atom. The van der Waals surface area contributed by atoms with E-state index in [-0.39, 0.29) is 35.9 Å². The number of ether oxygens (including phenoxy) is 2. The number of carbonyl (C=O) groups is 3. The normalized spacial score (nSPS) is 14.7. The number of aliphatic carboxylic acids is 1. The predicted octanol–water partition coefficient (Wildman–Crippen LogP) is 7.66. The Kier molecular flexibility index (Phi) is 11.1. The number of nitrogens with one attached hydrogen (secondary N) is 1. The van der Waals surface area contributed by atoms with Crippen molar-refractivity contribution >= 4 is 29.0 Å². The molecule has 5 rings (SSSR count). The smallest absolute Gasteiger partial charge is 0.325 e. The third-order valence-electron chi connectivity index (χ3n) is 8.68. The van der Waals surface area contributed by atoms with Gasteiger partial charge in [0, 0.05) is 46.3 Å². The van der Waals surface area contributed by atoms with Crippen LogP contribution in [0.3, 0.4) is 0 Å². The first-order valence-corrected chi connectivity index (χ1v) is 17.3. The summed E-state index contributed by atoms with van der Waals surface area (Å²) in [5.41, 5.74) is 2.19. The Labute approximate surface area is 289 Å². The molecule has 1 aliphatic carbocycles. The first-order chi connectivity index (χ1) is 23.3. The van der Waals surface area contributed by atoms with Crippen molar-refractivity contribution in [3.8, 4) is 34.0 Å². The topological polar surface area (TPSA) is 128 Å². The minimum Gasteiger partial charge on any atom is -0.493 e. The zero-order valence-electron chi connectivity index (χ0n) is 28.4. The molecule has 258 valence electrons. The van der Waals surface area contributed by atoms with Gasteiger partial charge in [-0.3, -0.25) is 14.4 Å². The summed E-state index contributed by atoms with van der Waals surface area (Å²) < 4.78 is 27.1. The van der Waals surface area contributed by atoms with Crippen molar-refractivity contribution in [1.82, 2.24) is 15.3 Å². The Bertz CT molecular complexity index is 1790. The molecule has 0 radical (unpaired) electrons. The van der Waals surface area contributed by atoms with E-state index < -0.39 is 29.7 Å². The molecule has 9 nitrogen and oxygen atoms in total. The van der Waals surface area contributed by atoms with E-state index in [1.165, 1.54) is 25.4 Å². The molecule has 1 amide bonds. The molecule has 0 saturated heterocycles. The van der Waals surface area contributed by atoms with Gasteiger partial charge in [-0.2, -0.15) is 0 Å². The SMILES string of the molecule is COc1ccc(-c2cnc(-c3ccc(C[C@H](CC(=O)c4ccc(C(C)(C)C)s4)C(=O)N[C@H](C)C(=O)O)cc3)nc2)c(F)c1OC1CCCC1. The number of hydrogen-bond acceptors (Lipinski definition) is 8. The highest BCUT2D eigenvalue weighted by Crippen LogP contribution is 2.39. The van der Waals surface area contributed by atoms with Gasteiger partial charge in [0.2, 0.25) is 5.91 Å². The number of halogens is 1. The van der Waals surface area contributed by atoms with Crippen LogP contribution in [0.5, 0.6) is 11.5 Å². The largest absolute Gasteiger partial charge is 0.493 e. The lowest BCUT2D eigenvalue weighted by Gasteiger charge is -2.18. The first kappa shape index (κ1) is 35.7. The van der Waals surface area contributed by atoms with Crippen molar-refractivity contribution in [2.24, 2.45) is 5.92 Å². The molecule has 1 aliphatic rings. The predicted molar refractivity (Wildman–Crippen MR) is 187 cm³/mol. The summed E-state index contributed by atoms with van der Waals surface area (Å²) in [5.74, 6) is -2.25. The van der Waals surface area contributed by atoms with Crippen LogP contribution >= 0.6 is 11.3 Å². The minimum absolute atomic E-state index is 0.0404. The highest BCUT2D eigenvalue weighted by atomic mass is 32.1. The van der Waals surface area contributed by atoms with Gasteiger partial charge in [0.15, 0.2) is 28.9 Å². The van der Waals surface area contributed by atoms with E-state index in [0.29, 0.717) is 33.1 Å². The third-order valence-corrected chi connectivity index (χ3v) is 10.2. The van der Waals surface area contributed by atoms with Gasteiger partial charge >= 0.3 is 5.97 Å². The molecule has 4 aromatic rings. The van der Waals surface area contributed by atoms with Gasteiger partial charge in [0.1, 0.15) is 6.04 Å². The number of methoxy groups -OCH3 is 1. The lowest BCUT2D eigenvalue weighted by Crippen LogP contribution is -2.42. The van der Waals surface area contributed by atoms with Crippen molar-refractivity contribution in [2.45, 2.75) is 83.8 Å². The number of hydrogen-bond donors (Lipinski definition) is 2. The molecule has 0 aliphatic heterocycles. The number of carboxylic acids is 1. The van der Waals surface area contributed by atoms with Crippen LogP contribution < -0.4 is 14.8 Å². The molecule has 2 N–H and O–H groups in total. The van der Waals surface area contributed by atoms with Crippen LogP contribution in [0.25, 0.3) is 22.5 Å². The average Bonchev–Trinajstić information content (AvgIpc) is 3.79. The fourth-order valence-electron chi connectivity index (χ4n) is 5.76. The molecule has 49 heavy (non-hydrogen) atoms. The molecule has 2 atom stereocenters. The molecule has 1 saturated carbocycles. The highest BCUT2D eigenvalue weighted by molar-refractivity contribution is 7.14. The second-order valence-corrected chi connectivity index (χ2v) is 14.6. The number of nitrogens with zero attached hydrogens (tertiary/aromatic N) is 2. The van der Waals surface area contributed by atoms with Crippen LogP contribution in [0.15, 0.2) is 60.9 Å². The summed E-state index contributed by atoms with van der Waals surface area (Å²) in [4.78, 5) is 48.5. The van der Waals surface area contributed by atoms with Crippen molar-refractivity contribution < 1.29 is 33.4 Å². The molecular weight excluding hydrogens is 645 g/mol. The lowest BCUT2D eigenvalue weighted by molar-refractivity contribution is -0.141. The van der Waals surface area contributed by atoms with Gasteiger partial charge in [0.25, 0.3) is 0 Å². The Hall–Kier alpha value is -4.64. The van der Waals surface area contributed by atoms with E-state index in [1.807, 2.05) is 30.3 Å². The number of amides is 1. The van der Waals surface area contributed by atoms with Crippen molar-refractivity contribution in [2.75, 3.05) is 7.11 Å². The van der Waals surface area contributed by atoms with E-state index in [2.05, 4.69) is 36.1 Å². The summed E-state index contributed by atoms with van der Waals surface area (Å²) in [7, 11) is 1.49. The number of rotatable bonds is 13. The van der Waals surface area contributed by atoms with E-state index in [0.717, 1.165) is 36.1 Å². The van der Waals surface area contributed by atoms with Crippen molar-refractivity contribution in [1.29, 1.82) is 0 Å². The summed E-state index contributed by atoms with van der Waals surface area (Å²) >= 11 is 1.41. The monoisotopic (exact) mass is 687 g/mol. The third kappa shape index (κ3) is 8.70. The second-order valence-electron chi connectivity index (χ2n) is 13.5. The van der Waals surface area contributed by atoms with Crippen LogP contribution in [0, 0.1) is 11.7 Å². The summed E-state index contributed by atoms with van der Waals surface area (Å²) in [6.45, 7) is 7.61. The van der Waals surface area contributed by atoms with Gasteiger partial charge in [0.05, 0.1) is 18.1 Å². The molecule has 0 spiro atoms. The average molecular weight is 688 g/mol. The van der Waals surface area contributed by atoms with E-state index in [9.17, 15) is 19.5 Å². The molecule has 0 unspecified atom stereocenters. The van der Waals surface area contributed by atoms with Gasteiger partial charge in [-0.25, -0.2) is 14.4 Å². The first-order valence-electron chi connectivity index (χ1n) is 16.5. The number of thiophene rings is 1. The Morgan fingerprint density at radius 2 is 1.67 bits per heavy atom. The Morgan fingerprint density at radius 3 is 2.27 bits per heavy atom. The van der Waals surface area contributed by atoms with Crippen LogP contribution in [0.4, 0.5) is 4.39 Å². The van der Waals surface area contributed by atoms with Crippen LogP contribution in [-0.4, -0.2) is 52.0 Å². The maximum atomic E-state index is 15.7. The maximum absolute atomic E-state index is 15.7. The highest BCUT2D eigenvalue weighted by Gasteiger charge is 2.28. The summed E-state index contributed by atoms with van der Waals surface area (Å²) in [5, 5.41) is 11.9. The van der Waals surface area contributed by atoms with Crippen LogP contribution in [0.2, 0.25) is 0 Å². The van der Waals surface area contributed by atoms with Crippen LogP contribution in [-0.2, 0) is 21.4 Å². The van der Waals surface area contributed by atoms with Crippen LogP contribution in [0.1, 0.15) is 79.9 Å². The van der Waals surface area contributed by atoms with E-state index >= 15 is 4.39 Å². The standard InChI is InChI=1S/C38H42FN3O6S/c1-22(37(45)46)42-36(44)25(19-29(43)31-16-17-32(49-31)38(2,3)4)18-23-10-12-24(13-11-23)35-40-20-26(21-41-35)28-14-15-30(47-5)34(33(28)39)48-27-8-6-7-9-27/h10-17,20-22,25,27H,6-9,18-19H2,1-5H3,(H,42,44)(H,45,46)/t22-,25-/m1/s1. The lowest BCUT2D eigenvalue weighted by atomic mass is 9.92. The maximum Gasteiger partial charge on any atom is 0.325 e. The van der Waals surface area contributed by atoms with Gasteiger partial charge < -0.3 is 19.9 Å². The number of aromatic nitrogens is 2. The number of ketones is 1. The van der Waals surface area contributed by atoms with Gasteiger partial charge in [-0.1, -0.05) is 45.0 Å². The van der Waals surface area contributed by atoms with E-state index in [4.69, 9.17) is 9.47 Å². The van der Waals surface area contributed by atoms with Gasteiger partial charge in [-0.15, -0.1) is 11.3 Å². The zero-order valence-corrected chi connectivity index (χ0v) is 29.2. The number of benzene rings is 2. The molecule has 2 aromatic heterocycles. The molecule has 1 fully saturated rings. The van der Waals surface area contributed by atoms with Crippen molar-refractivity contribution in [3.05, 3.63) is 82.1 Å². The Balaban J connectivity index is 1.31. The second kappa shape index (κ2) is 15.3. The number of carbonyl (C=O) groups excluding carboxylic acids is 2. The fourth-order valence-corrected chi connectivity index (χ4v) is 6.77. The summed E-state index contributed by atoms with van der Waals surface area (Å²) in [6, 6.07) is 13.2. The number of carboxylic acid groups (broad SMARTS) is 1. The molecule has 11 heteroatoms. The minimum atomic E-state index is -1.16.